The van der Waals surface area contributed by atoms with Gasteiger partial charge in [-0.15, -0.1) is 0 Å². The second-order valence-electron chi connectivity index (χ2n) is 19.9. The summed E-state index contributed by atoms with van der Waals surface area (Å²) < 4.78 is 13.7. The van der Waals surface area contributed by atoms with E-state index < -0.39 is 28.7 Å². The third kappa shape index (κ3) is 5.62. The van der Waals surface area contributed by atoms with Crippen molar-refractivity contribution < 1.29 is 38.6 Å². The molecule has 50 heavy (non-hydrogen) atoms. The van der Waals surface area contributed by atoms with Crippen LogP contribution in [0.5, 0.6) is 0 Å². The van der Waals surface area contributed by atoms with Gasteiger partial charge in [-0.25, -0.2) is 0 Å². The highest BCUT2D eigenvalue weighted by Gasteiger charge is 2.68. The van der Waals surface area contributed by atoms with Gasteiger partial charge in [-0.1, -0.05) is 0 Å². The summed E-state index contributed by atoms with van der Waals surface area (Å²) in [7, 11) is 0. The van der Waals surface area contributed by atoms with Crippen LogP contribution in [0.1, 0.15) is 142 Å². The summed E-state index contributed by atoms with van der Waals surface area (Å²) in [6.45, 7) is 4.38. The first-order chi connectivity index (χ1) is 24.0. The van der Waals surface area contributed by atoms with Crippen LogP contribution in [0.15, 0.2) is 0 Å². The smallest absolute Gasteiger partial charge is 0.220 e. The van der Waals surface area contributed by atoms with Crippen molar-refractivity contribution in [2.24, 2.45) is 59.2 Å². The van der Waals surface area contributed by atoms with E-state index in [2.05, 4.69) is 10.6 Å². The first kappa shape index (κ1) is 33.3. The van der Waals surface area contributed by atoms with Crippen molar-refractivity contribution in [3.05, 3.63) is 0 Å². The number of nitrogens with one attached hydrogen (secondary N) is 2. The Morgan fingerprint density at radius 2 is 0.940 bits per heavy atom. The fourth-order valence-corrected chi connectivity index (χ4v) is 13.6. The molecular weight excluding hydrogens is 636 g/mol. The number of rotatable bonds is 7. The molecule has 2 aliphatic heterocycles. The van der Waals surface area contributed by atoms with E-state index in [4.69, 9.17) is 29.0 Å². The maximum Gasteiger partial charge on any atom is 0.220 e. The summed E-state index contributed by atoms with van der Waals surface area (Å²) in [6, 6.07) is 0. The van der Waals surface area contributed by atoms with Crippen molar-refractivity contribution in [2.45, 2.75) is 171 Å². The Morgan fingerprint density at radius 3 is 1.34 bits per heavy atom. The average Bonchev–Trinajstić information content (AvgIpc) is 3.64. The molecule has 12 rings (SSSR count). The van der Waals surface area contributed by atoms with Crippen LogP contribution in [0.3, 0.4) is 0 Å². The standard InChI is InChI=1S/C40H60N2O8/c1-36(2,42-35(44)22-25-5-9-38(10-6-25)46-40(50-48-38)32-17-28-12-29(19-32)20-33(40)18-28)23-41-34(43)21-24-3-7-37(8-4-24)45-39(49-47-37)30-13-26-11-27(15-30)16-31(39)14-26/h24-33H,3-23H2,1-2H3,(H,41,43)(H,42,44)/t24-,25-,26-,27+,28-,29+,30-,31+,32-,33+,37+,38+,39-,40-. The third-order valence-electron chi connectivity index (χ3n) is 15.8. The van der Waals surface area contributed by atoms with Crippen molar-refractivity contribution in [1.29, 1.82) is 0 Å². The summed E-state index contributed by atoms with van der Waals surface area (Å²) >= 11 is 0. The molecule has 0 radical (unpaired) electrons. The van der Waals surface area contributed by atoms with Crippen molar-refractivity contribution in [3.8, 4) is 0 Å². The van der Waals surface area contributed by atoms with Crippen molar-refractivity contribution in [1.82, 2.24) is 10.6 Å². The third-order valence-corrected chi connectivity index (χ3v) is 15.8. The minimum absolute atomic E-state index is 0.0421. The molecule has 2 N–H and O–H groups in total. The first-order valence-corrected chi connectivity index (χ1v) is 20.7. The molecule has 10 aliphatic carbocycles. The number of carbonyl (C=O) groups is 2. The summed E-state index contributed by atoms with van der Waals surface area (Å²) in [6.07, 6.45) is 20.2. The van der Waals surface area contributed by atoms with Gasteiger partial charge in [0.25, 0.3) is 0 Å². The molecule has 12 aliphatic rings. The van der Waals surface area contributed by atoms with Crippen molar-refractivity contribution in [3.63, 3.8) is 0 Å². The van der Waals surface area contributed by atoms with Gasteiger partial charge in [0, 0.05) is 68.7 Å². The molecule has 0 aromatic heterocycles. The molecular formula is C40H60N2O8. The zero-order valence-electron chi connectivity index (χ0n) is 30.4. The topological polar surface area (TPSA) is 114 Å². The molecule has 0 aromatic rings. The van der Waals surface area contributed by atoms with Gasteiger partial charge >= 0.3 is 0 Å². The van der Waals surface area contributed by atoms with Gasteiger partial charge in [0.1, 0.15) is 0 Å². The van der Waals surface area contributed by atoms with Crippen LogP contribution in [-0.2, 0) is 38.6 Å². The van der Waals surface area contributed by atoms with Crippen LogP contribution < -0.4 is 10.6 Å². The quantitative estimate of drug-likeness (QED) is 0.279. The second-order valence-corrected chi connectivity index (χ2v) is 19.9. The lowest BCUT2D eigenvalue weighted by Crippen LogP contribution is -2.59. The van der Waals surface area contributed by atoms with E-state index in [1.54, 1.807) is 0 Å². The van der Waals surface area contributed by atoms with Crippen LogP contribution in [0.25, 0.3) is 0 Å². The van der Waals surface area contributed by atoms with Crippen molar-refractivity contribution >= 4 is 11.8 Å². The number of hydrogen-bond donors (Lipinski definition) is 2. The zero-order chi connectivity index (χ0) is 33.9. The van der Waals surface area contributed by atoms with Crippen LogP contribution in [0.2, 0.25) is 0 Å². The first-order valence-electron chi connectivity index (χ1n) is 20.7. The molecule has 2 amide bonds. The number of carbonyl (C=O) groups excluding carboxylic acids is 2. The highest BCUT2D eigenvalue weighted by atomic mass is 17.3. The molecule has 10 heteroatoms. The Labute approximate surface area is 297 Å². The lowest BCUT2D eigenvalue weighted by atomic mass is 9.53. The molecule has 278 valence electrons. The van der Waals surface area contributed by atoms with Gasteiger partial charge in [-0.05, 0) is 139 Å². The molecule has 0 atom stereocenters. The Bertz CT molecular complexity index is 1290. The van der Waals surface area contributed by atoms with Gasteiger partial charge in [0.05, 0.1) is 5.54 Å². The molecule has 0 unspecified atom stereocenters. The maximum absolute atomic E-state index is 13.2. The normalized spacial score (nSPS) is 51.4. The lowest BCUT2D eigenvalue weighted by Gasteiger charge is -2.57. The largest absolute Gasteiger partial charge is 0.354 e. The lowest BCUT2D eigenvalue weighted by molar-refractivity contribution is -0.390. The fourth-order valence-electron chi connectivity index (χ4n) is 13.6. The van der Waals surface area contributed by atoms with E-state index in [9.17, 15) is 9.59 Å². The van der Waals surface area contributed by atoms with Gasteiger partial charge in [-0.2, -0.15) is 19.6 Å². The van der Waals surface area contributed by atoms with E-state index in [0.717, 1.165) is 75.0 Å². The molecule has 4 spiro atoms. The van der Waals surface area contributed by atoms with Gasteiger partial charge < -0.3 is 20.1 Å². The SMILES string of the molecule is CC(C)(CNC(=O)C[C@H]1CC[C@]2(CC1)OO[C@]1(O2)[C@H]2C[C@@H]3C[C@H](C2)C[C@H]1C3)NC(=O)C[C@H]1CC[C@]2(CC1)OO[C@]1(O2)[C@H]2C[C@@H]3C[C@H](C2)C[C@H]1C3. The van der Waals surface area contributed by atoms with Crippen LogP contribution in [-0.4, -0.2) is 47.0 Å². The number of amides is 2. The van der Waals surface area contributed by atoms with Gasteiger partial charge in [0.15, 0.2) is 0 Å². The molecule has 2 saturated heterocycles. The summed E-state index contributed by atoms with van der Waals surface area (Å²) in [4.78, 5) is 50.8. The Hall–Kier alpha value is -1.30. The van der Waals surface area contributed by atoms with E-state index in [1.807, 2.05) is 13.8 Å². The second kappa shape index (κ2) is 11.8. The minimum atomic E-state index is -0.646. The molecule has 10 nitrogen and oxygen atoms in total. The predicted molar refractivity (Wildman–Crippen MR) is 180 cm³/mol. The zero-order valence-corrected chi connectivity index (χ0v) is 30.4. The van der Waals surface area contributed by atoms with Crippen molar-refractivity contribution in [2.75, 3.05) is 6.54 Å². The maximum atomic E-state index is 13.2. The van der Waals surface area contributed by atoms with E-state index in [-0.39, 0.29) is 11.8 Å². The molecule has 0 aromatic carbocycles. The molecule has 12 fully saturated rings. The molecule has 10 saturated carbocycles. The predicted octanol–water partition coefficient (Wildman–Crippen LogP) is 6.81. The van der Waals surface area contributed by atoms with E-state index in [0.29, 0.717) is 54.9 Å². The molecule has 2 heterocycles. The van der Waals surface area contributed by atoms with E-state index >= 15 is 0 Å². The summed E-state index contributed by atoms with van der Waals surface area (Å²) in [5.74, 6) is 3.59. The average molecular weight is 697 g/mol. The Balaban J connectivity index is 0.647. The van der Waals surface area contributed by atoms with Crippen LogP contribution in [0, 0.1) is 59.2 Å². The number of ether oxygens (including phenoxy) is 2. The summed E-state index contributed by atoms with van der Waals surface area (Å²) in [5, 5.41) is 6.32. The fraction of sp³-hybridized carbons (Fsp3) is 0.950. The Kier molecular flexibility index (Phi) is 7.89. The van der Waals surface area contributed by atoms with Gasteiger partial charge in [0.2, 0.25) is 35.0 Å². The molecule has 8 bridgehead atoms. The highest BCUT2D eigenvalue weighted by molar-refractivity contribution is 5.78. The minimum Gasteiger partial charge on any atom is -0.354 e. The van der Waals surface area contributed by atoms with Gasteiger partial charge in [-0.3, -0.25) is 9.59 Å². The summed E-state index contributed by atoms with van der Waals surface area (Å²) in [5.41, 5.74) is -0.535. The number of hydrogen-bond acceptors (Lipinski definition) is 8. The van der Waals surface area contributed by atoms with Crippen LogP contribution in [0.4, 0.5) is 0 Å². The van der Waals surface area contributed by atoms with Crippen LogP contribution >= 0.6 is 0 Å². The van der Waals surface area contributed by atoms with E-state index in [1.165, 1.54) is 64.2 Å². The Morgan fingerprint density at radius 1 is 0.560 bits per heavy atom. The highest BCUT2D eigenvalue weighted by Crippen LogP contribution is 2.65. The monoisotopic (exact) mass is 696 g/mol.